The standard InChI is InChI=1S/C21H25F5N4O2S/c22-12-1-2-15(23)14(5-12)19-16(27)6-18(20(32-19)21(24,25)26)29-7-11-8-30(28-17(11)9-29)33-13-3-4-31-10-13/h5,8,13,16,18-20H,1-4,6-7,9-10,27H2/t13?,16?,18?,19-,20?/m1/s1. The third-order valence-corrected chi connectivity index (χ3v) is 7.65. The summed E-state index contributed by atoms with van der Waals surface area (Å²) >= 11 is 1.55. The Labute approximate surface area is 192 Å². The molecule has 5 rings (SSSR count). The number of alkyl halides is 3. The minimum Gasteiger partial charge on any atom is -0.380 e. The summed E-state index contributed by atoms with van der Waals surface area (Å²) in [4.78, 5) is 1.67. The van der Waals surface area contributed by atoms with E-state index in [0.717, 1.165) is 30.4 Å². The van der Waals surface area contributed by atoms with Crippen molar-refractivity contribution in [1.29, 1.82) is 0 Å². The molecule has 4 unspecified atom stereocenters. The first-order valence-corrected chi connectivity index (χ1v) is 11.8. The molecule has 2 saturated heterocycles. The van der Waals surface area contributed by atoms with Crippen LogP contribution in [-0.4, -0.2) is 63.0 Å². The molecule has 5 atom stereocenters. The maximum atomic E-state index is 14.3. The minimum atomic E-state index is -4.69. The molecule has 2 N–H and O–H groups in total. The molecule has 2 fully saturated rings. The molecular formula is C21H25F5N4O2S. The van der Waals surface area contributed by atoms with Gasteiger partial charge < -0.3 is 15.2 Å². The van der Waals surface area contributed by atoms with Gasteiger partial charge in [-0.05, 0) is 30.9 Å². The van der Waals surface area contributed by atoms with Gasteiger partial charge in [0, 0.05) is 62.0 Å². The fourth-order valence-electron chi connectivity index (χ4n) is 4.93. The number of hydrogen-bond donors (Lipinski definition) is 1. The molecule has 0 amide bonds. The van der Waals surface area contributed by atoms with Crippen molar-refractivity contribution in [2.45, 2.75) is 74.5 Å². The number of ether oxygens (including phenoxy) is 2. The zero-order chi connectivity index (χ0) is 23.3. The van der Waals surface area contributed by atoms with Crippen molar-refractivity contribution in [3.63, 3.8) is 0 Å². The smallest absolute Gasteiger partial charge is 0.380 e. The van der Waals surface area contributed by atoms with Gasteiger partial charge in [-0.3, -0.25) is 4.90 Å². The third-order valence-electron chi connectivity index (χ3n) is 6.58. The second-order valence-electron chi connectivity index (χ2n) is 8.94. The van der Waals surface area contributed by atoms with Crippen LogP contribution in [0.25, 0.3) is 0 Å². The van der Waals surface area contributed by atoms with Crippen molar-refractivity contribution in [2.24, 2.45) is 5.73 Å². The Kier molecular flexibility index (Phi) is 6.32. The van der Waals surface area contributed by atoms with Gasteiger partial charge in [-0.25, -0.2) is 12.9 Å². The zero-order valence-electron chi connectivity index (χ0n) is 17.7. The van der Waals surface area contributed by atoms with Crippen LogP contribution in [0, 0.1) is 0 Å². The van der Waals surface area contributed by atoms with E-state index in [-0.39, 0.29) is 31.4 Å². The highest BCUT2D eigenvalue weighted by atomic mass is 32.2. The molecule has 0 aromatic carbocycles. The van der Waals surface area contributed by atoms with E-state index in [2.05, 4.69) is 5.10 Å². The molecule has 0 saturated carbocycles. The topological polar surface area (TPSA) is 65.5 Å². The van der Waals surface area contributed by atoms with Crippen molar-refractivity contribution in [3.8, 4) is 0 Å². The van der Waals surface area contributed by atoms with E-state index in [0.29, 0.717) is 18.4 Å². The molecule has 3 aliphatic heterocycles. The average Bonchev–Trinajstić information content (AvgIpc) is 3.46. The molecule has 0 bridgehead atoms. The second kappa shape index (κ2) is 8.95. The maximum absolute atomic E-state index is 14.3. The van der Waals surface area contributed by atoms with Crippen LogP contribution in [0.15, 0.2) is 29.5 Å². The first-order chi connectivity index (χ1) is 15.7. The average molecular weight is 493 g/mol. The van der Waals surface area contributed by atoms with Crippen molar-refractivity contribution < 1.29 is 31.4 Å². The van der Waals surface area contributed by atoms with Crippen molar-refractivity contribution in [1.82, 2.24) is 14.1 Å². The van der Waals surface area contributed by atoms with Crippen LogP contribution < -0.4 is 5.73 Å². The minimum absolute atomic E-state index is 0.0560. The molecule has 182 valence electrons. The molecule has 33 heavy (non-hydrogen) atoms. The first kappa shape index (κ1) is 23.3. The summed E-state index contributed by atoms with van der Waals surface area (Å²) in [6.07, 6.45) is -4.86. The largest absolute Gasteiger partial charge is 0.416 e. The molecular weight excluding hydrogens is 467 g/mol. The third kappa shape index (κ3) is 4.72. The molecule has 4 heterocycles. The summed E-state index contributed by atoms with van der Waals surface area (Å²) in [7, 11) is 0. The molecule has 0 radical (unpaired) electrons. The number of allylic oxidation sites excluding steroid dienone is 2. The van der Waals surface area contributed by atoms with Crippen LogP contribution in [0.2, 0.25) is 0 Å². The lowest BCUT2D eigenvalue weighted by atomic mass is 9.87. The summed E-state index contributed by atoms with van der Waals surface area (Å²) in [5, 5.41) is 4.85. The molecule has 6 nitrogen and oxygen atoms in total. The highest BCUT2D eigenvalue weighted by Gasteiger charge is 2.54. The van der Waals surface area contributed by atoms with E-state index < -0.39 is 42.1 Å². The molecule has 1 aromatic rings. The number of nitrogens with zero attached hydrogens (tertiary/aromatic N) is 3. The first-order valence-electron chi connectivity index (χ1n) is 11.0. The van der Waals surface area contributed by atoms with Gasteiger partial charge in [0.25, 0.3) is 0 Å². The Hall–Kier alpha value is -1.47. The van der Waals surface area contributed by atoms with Crippen LogP contribution in [0.1, 0.15) is 36.9 Å². The van der Waals surface area contributed by atoms with Gasteiger partial charge in [-0.1, -0.05) is 0 Å². The lowest BCUT2D eigenvalue weighted by Crippen LogP contribution is -2.60. The SMILES string of the molecule is NC1CC(N2Cc3cn(SC4CCOC4)nc3C2)C(C(F)(F)F)O[C@@H]1C1=C(F)CCC(F)=C1. The zero-order valence-corrected chi connectivity index (χ0v) is 18.5. The van der Waals surface area contributed by atoms with Crippen molar-refractivity contribution >= 4 is 11.9 Å². The van der Waals surface area contributed by atoms with Crippen LogP contribution in [0.4, 0.5) is 22.0 Å². The number of fused-ring (bicyclic) bond motifs is 1. The quantitative estimate of drug-likeness (QED) is 0.646. The van der Waals surface area contributed by atoms with Crippen LogP contribution in [0.5, 0.6) is 0 Å². The van der Waals surface area contributed by atoms with E-state index in [1.54, 1.807) is 20.9 Å². The summed E-state index contributed by atoms with van der Waals surface area (Å²) in [6, 6.07) is -1.95. The number of hydrogen-bond acceptors (Lipinski definition) is 6. The van der Waals surface area contributed by atoms with Gasteiger partial charge in [0.1, 0.15) is 17.8 Å². The van der Waals surface area contributed by atoms with E-state index in [1.165, 1.54) is 0 Å². The van der Waals surface area contributed by atoms with Crippen molar-refractivity contribution in [3.05, 3.63) is 40.8 Å². The summed E-state index contributed by atoms with van der Waals surface area (Å²) < 4.78 is 82.6. The summed E-state index contributed by atoms with van der Waals surface area (Å²) in [5.41, 5.74) is 7.55. The number of aromatic nitrogens is 2. The van der Waals surface area contributed by atoms with E-state index in [1.807, 2.05) is 6.20 Å². The van der Waals surface area contributed by atoms with Crippen LogP contribution >= 0.6 is 11.9 Å². The Morgan fingerprint density at radius 2 is 2.00 bits per heavy atom. The van der Waals surface area contributed by atoms with Gasteiger partial charge in [-0.15, -0.1) is 0 Å². The Bertz CT molecular complexity index is 935. The van der Waals surface area contributed by atoms with Gasteiger partial charge >= 0.3 is 6.18 Å². The van der Waals surface area contributed by atoms with Gasteiger partial charge in [0.05, 0.1) is 17.6 Å². The highest BCUT2D eigenvalue weighted by Crippen LogP contribution is 2.41. The Balaban J connectivity index is 1.32. The lowest BCUT2D eigenvalue weighted by Gasteiger charge is -2.45. The lowest BCUT2D eigenvalue weighted by molar-refractivity contribution is -0.262. The Morgan fingerprint density at radius 1 is 1.18 bits per heavy atom. The van der Waals surface area contributed by atoms with Crippen LogP contribution in [-0.2, 0) is 22.6 Å². The maximum Gasteiger partial charge on any atom is 0.416 e. The molecule has 1 aromatic heterocycles. The molecule has 12 heteroatoms. The van der Waals surface area contributed by atoms with Gasteiger partial charge in [0.2, 0.25) is 0 Å². The van der Waals surface area contributed by atoms with E-state index >= 15 is 0 Å². The Morgan fingerprint density at radius 3 is 2.70 bits per heavy atom. The second-order valence-corrected chi connectivity index (χ2v) is 10.2. The summed E-state index contributed by atoms with van der Waals surface area (Å²) in [6.45, 7) is 1.91. The highest BCUT2D eigenvalue weighted by molar-refractivity contribution is 7.98. The normalized spacial score (nSPS) is 33.5. The van der Waals surface area contributed by atoms with E-state index in [4.69, 9.17) is 15.2 Å². The van der Waals surface area contributed by atoms with Gasteiger partial charge in [-0.2, -0.15) is 18.3 Å². The molecule has 1 aliphatic carbocycles. The predicted molar refractivity (Wildman–Crippen MR) is 111 cm³/mol. The number of rotatable bonds is 4. The summed E-state index contributed by atoms with van der Waals surface area (Å²) in [5.74, 6) is -1.26. The number of nitrogens with two attached hydrogens (primary N) is 1. The predicted octanol–water partition coefficient (Wildman–Crippen LogP) is 3.77. The fraction of sp³-hybridized carbons (Fsp3) is 0.667. The van der Waals surface area contributed by atoms with Crippen LogP contribution in [0.3, 0.4) is 0 Å². The molecule has 4 aliphatic rings. The fourth-order valence-corrected chi connectivity index (χ4v) is 5.93. The molecule has 0 spiro atoms. The monoisotopic (exact) mass is 492 g/mol. The van der Waals surface area contributed by atoms with Gasteiger partial charge in [0.15, 0.2) is 6.10 Å². The van der Waals surface area contributed by atoms with E-state index in [9.17, 15) is 22.0 Å². The van der Waals surface area contributed by atoms with Crippen molar-refractivity contribution in [2.75, 3.05) is 13.2 Å². The number of halogens is 5.